The van der Waals surface area contributed by atoms with Gasteiger partial charge in [0.15, 0.2) is 0 Å². The van der Waals surface area contributed by atoms with Gasteiger partial charge in [-0.15, -0.1) is 0 Å². The molecule has 0 aliphatic heterocycles. The summed E-state index contributed by atoms with van der Waals surface area (Å²) in [6.07, 6.45) is 8.21. The lowest BCUT2D eigenvalue weighted by Crippen LogP contribution is -2.13. The van der Waals surface area contributed by atoms with E-state index in [9.17, 15) is 4.79 Å². The summed E-state index contributed by atoms with van der Waals surface area (Å²) in [5, 5.41) is 0. The number of carbonyl (C=O) groups is 1. The van der Waals surface area contributed by atoms with Gasteiger partial charge in [0.2, 0.25) is 0 Å². The van der Waals surface area contributed by atoms with Crippen molar-refractivity contribution in [2.45, 2.75) is 51.9 Å². The summed E-state index contributed by atoms with van der Waals surface area (Å²) in [7, 11) is 0. The Kier molecular flexibility index (Phi) is 5.85. The third-order valence-electron chi connectivity index (χ3n) is 2.96. The molecular formula is C12H22O2. The van der Waals surface area contributed by atoms with E-state index in [-0.39, 0.29) is 0 Å². The average molecular weight is 198 g/mol. The van der Waals surface area contributed by atoms with Gasteiger partial charge in [0.25, 0.3) is 0 Å². The van der Waals surface area contributed by atoms with E-state index in [1.54, 1.807) is 6.92 Å². The maximum atomic E-state index is 10.6. The Morgan fingerprint density at radius 3 is 2.64 bits per heavy atom. The summed E-state index contributed by atoms with van der Waals surface area (Å²) in [5.74, 6) is 1.24. The molecule has 0 amide bonds. The Balaban J connectivity index is 1.73. The summed E-state index contributed by atoms with van der Waals surface area (Å²) >= 11 is 0. The Bertz CT molecular complexity index is 162. The van der Waals surface area contributed by atoms with E-state index in [4.69, 9.17) is 4.74 Å². The van der Waals surface area contributed by atoms with Crippen LogP contribution in [-0.4, -0.2) is 19.0 Å². The van der Waals surface area contributed by atoms with Crippen LogP contribution in [0.3, 0.4) is 0 Å². The first-order chi connectivity index (χ1) is 6.79. The van der Waals surface area contributed by atoms with Crippen LogP contribution >= 0.6 is 0 Å². The van der Waals surface area contributed by atoms with Crippen molar-refractivity contribution in [2.24, 2.45) is 5.92 Å². The maximum absolute atomic E-state index is 10.6. The molecule has 1 rings (SSSR count). The molecule has 0 heterocycles. The Labute approximate surface area is 87.0 Å². The molecule has 1 fully saturated rings. The predicted molar refractivity (Wildman–Crippen MR) is 57.3 cm³/mol. The second-order valence-electron chi connectivity index (χ2n) is 4.36. The fraction of sp³-hybridized carbons (Fsp3) is 0.917. The number of hydrogen-bond donors (Lipinski definition) is 0. The standard InChI is InChI=1S/C12H22O2/c1-11(13)5-2-3-9-14-10-8-12-6-4-7-12/h12H,2-10H2,1H3. The van der Waals surface area contributed by atoms with Crippen molar-refractivity contribution in [3.63, 3.8) is 0 Å². The molecule has 0 aromatic heterocycles. The number of rotatable bonds is 8. The molecule has 2 heteroatoms. The molecule has 1 aliphatic carbocycles. The summed E-state index contributed by atoms with van der Waals surface area (Å²) in [6, 6.07) is 0. The normalized spacial score (nSPS) is 16.6. The summed E-state index contributed by atoms with van der Waals surface area (Å²) in [5.41, 5.74) is 0. The van der Waals surface area contributed by atoms with Gasteiger partial charge >= 0.3 is 0 Å². The number of ether oxygens (including phenoxy) is 1. The summed E-state index contributed by atoms with van der Waals surface area (Å²) < 4.78 is 5.51. The van der Waals surface area contributed by atoms with E-state index in [0.717, 1.165) is 32.0 Å². The molecule has 1 saturated carbocycles. The molecule has 0 unspecified atom stereocenters. The van der Waals surface area contributed by atoms with Crippen molar-refractivity contribution in [1.29, 1.82) is 0 Å². The number of carbonyl (C=O) groups excluding carboxylic acids is 1. The number of Topliss-reactive ketones (excluding diaryl/α,β-unsaturated/α-hetero) is 1. The highest BCUT2D eigenvalue weighted by atomic mass is 16.5. The van der Waals surface area contributed by atoms with Gasteiger partial charge in [0, 0.05) is 19.6 Å². The van der Waals surface area contributed by atoms with E-state index in [1.165, 1.54) is 25.7 Å². The second-order valence-corrected chi connectivity index (χ2v) is 4.36. The number of ketones is 1. The van der Waals surface area contributed by atoms with Gasteiger partial charge in [-0.25, -0.2) is 0 Å². The molecule has 0 aromatic carbocycles. The minimum absolute atomic E-state index is 0.291. The minimum Gasteiger partial charge on any atom is -0.381 e. The van der Waals surface area contributed by atoms with E-state index in [2.05, 4.69) is 0 Å². The van der Waals surface area contributed by atoms with Crippen molar-refractivity contribution in [2.75, 3.05) is 13.2 Å². The third kappa shape index (κ3) is 5.38. The van der Waals surface area contributed by atoms with Gasteiger partial charge in [-0.1, -0.05) is 19.3 Å². The zero-order chi connectivity index (χ0) is 10.2. The Hall–Kier alpha value is -0.370. The van der Waals surface area contributed by atoms with Crippen molar-refractivity contribution < 1.29 is 9.53 Å². The van der Waals surface area contributed by atoms with Gasteiger partial charge in [-0.3, -0.25) is 0 Å². The van der Waals surface area contributed by atoms with Crippen LogP contribution in [0.25, 0.3) is 0 Å². The quantitative estimate of drug-likeness (QED) is 0.560. The Morgan fingerprint density at radius 1 is 1.29 bits per heavy atom. The SMILES string of the molecule is CC(=O)CCCCOCCC1CCC1. The lowest BCUT2D eigenvalue weighted by Gasteiger charge is -2.24. The molecule has 0 saturated heterocycles. The van der Waals surface area contributed by atoms with E-state index >= 15 is 0 Å². The first kappa shape index (κ1) is 11.7. The van der Waals surface area contributed by atoms with Crippen LogP contribution in [0.15, 0.2) is 0 Å². The molecule has 0 atom stereocenters. The summed E-state index contributed by atoms with van der Waals surface area (Å²) in [4.78, 5) is 10.6. The highest BCUT2D eigenvalue weighted by Gasteiger charge is 2.16. The molecule has 0 spiro atoms. The highest BCUT2D eigenvalue weighted by Crippen LogP contribution is 2.29. The van der Waals surface area contributed by atoms with Crippen LogP contribution in [0.5, 0.6) is 0 Å². The van der Waals surface area contributed by atoms with Crippen LogP contribution in [0, 0.1) is 5.92 Å². The van der Waals surface area contributed by atoms with E-state index < -0.39 is 0 Å². The molecular weight excluding hydrogens is 176 g/mol. The van der Waals surface area contributed by atoms with Gasteiger partial charge in [-0.05, 0) is 32.1 Å². The topological polar surface area (TPSA) is 26.3 Å². The van der Waals surface area contributed by atoms with Crippen molar-refractivity contribution in [3.05, 3.63) is 0 Å². The first-order valence-corrected chi connectivity index (χ1v) is 5.86. The fourth-order valence-electron chi connectivity index (χ4n) is 1.71. The molecule has 1 aliphatic rings. The molecule has 0 aromatic rings. The molecule has 0 radical (unpaired) electrons. The lowest BCUT2D eigenvalue weighted by molar-refractivity contribution is -0.117. The van der Waals surface area contributed by atoms with Gasteiger partial charge in [0.1, 0.15) is 5.78 Å². The molecule has 0 N–H and O–H groups in total. The van der Waals surface area contributed by atoms with Crippen LogP contribution < -0.4 is 0 Å². The third-order valence-corrected chi connectivity index (χ3v) is 2.96. The summed E-state index contributed by atoms with van der Waals surface area (Å²) in [6.45, 7) is 3.40. The van der Waals surface area contributed by atoms with Gasteiger partial charge < -0.3 is 9.53 Å². The van der Waals surface area contributed by atoms with E-state index in [0.29, 0.717) is 12.2 Å². The fourth-order valence-corrected chi connectivity index (χ4v) is 1.71. The van der Waals surface area contributed by atoms with Gasteiger partial charge in [-0.2, -0.15) is 0 Å². The lowest BCUT2D eigenvalue weighted by atomic mass is 9.83. The largest absolute Gasteiger partial charge is 0.381 e. The highest BCUT2D eigenvalue weighted by molar-refractivity contribution is 5.75. The molecule has 82 valence electrons. The monoisotopic (exact) mass is 198 g/mol. The molecule has 0 bridgehead atoms. The van der Waals surface area contributed by atoms with Crippen LogP contribution in [0.4, 0.5) is 0 Å². The van der Waals surface area contributed by atoms with Crippen molar-refractivity contribution >= 4 is 5.78 Å². The zero-order valence-corrected chi connectivity index (χ0v) is 9.26. The first-order valence-electron chi connectivity index (χ1n) is 5.86. The van der Waals surface area contributed by atoms with E-state index in [1.807, 2.05) is 0 Å². The van der Waals surface area contributed by atoms with Crippen LogP contribution in [0.1, 0.15) is 51.9 Å². The smallest absolute Gasteiger partial charge is 0.129 e. The maximum Gasteiger partial charge on any atom is 0.129 e. The van der Waals surface area contributed by atoms with Gasteiger partial charge in [0.05, 0.1) is 0 Å². The van der Waals surface area contributed by atoms with Crippen LogP contribution in [-0.2, 0) is 9.53 Å². The zero-order valence-electron chi connectivity index (χ0n) is 9.26. The second kappa shape index (κ2) is 6.99. The number of hydrogen-bond acceptors (Lipinski definition) is 2. The number of unbranched alkanes of at least 4 members (excludes halogenated alkanes) is 1. The molecule has 14 heavy (non-hydrogen) atoms. The Morgan fingerprint density at radius 2 is 2.07 bits per heavy atom. The van der Waals surface area contributed by atoms with Crippen LogP contribution in [0.2, 0.25) is 0 Å². The minimum atomic E-state index is 0.291. The average Bonchev–Trinajstić information content (AvgIpc) is 2.06. The molecule has 2 nitrogen and oxygen atoms in total. The van der Waals surface area contributed by atoms with Crippen molar-refractivity contribution in [3.8, 4) is 0 Å². The predicted octanol–water partition coefficient (Wildman–Crippen LogP) is 2.95. The van der Waals surface area contributed by atoms with Crippen molar-refractivity contribution in [1.82, 2.24) is 0 Å².